The van der Waals surface area contributed by atoms with E-state index >= 15 is 0 Å². The number of benzene rings is 2. The van der Waals surface area contributed by atoms with Crippen molar-refractivity contribution in [1.29, 1.82) is 5.26 Å². The summed E-state index contributed by atoms with van der Waals surface area (Å²) in [5, 5.41) is 8.86. The number of hydrogen-bond acceptors (Lipinski definition) is 4. The summed E-state index contributed by atoms with van der Waals surface area (Å²) in [7, 11) is -2.16. The molecule has 1 N–H and O–H groups in total. The monoisotopic (exact) mass is 316 g/mol. The molecule has 0 radical (unpaired) electrons. The second-order valence-corrected chi connectivity index (χ2v) is 6.31. The molecular weight excluding hydrogens is 300 g/mol. The highest BCUT2D eigenvalue weighted by Gasteiger charge is 2.16. The van der Waals surface area contributed by atoms with Gasteiger partial charge in [-0.2, -0.15) is 5.26 Å². The fourth-order valence-corrected chi connectivity index (χ4v) is 3.16. The van der Waals surface area contributed by atoms with Crippen molar-refractivity contribution in [3.8, 4) is 11.8 Å². The molecule has 0 amide bonds. The van der Waals surface area contributed by atoms with E-state index in [9.17, 15) is 8.42 Å². The Morgan fingerprint density at radius 2 is 2.00 bits per heavy atom. The Bertz CT molecular complexity index is 824. The third-order valence-electron chi connectivity index (χ3n) is 3.19. The Kier molecular flexibility index (Phi) is 4.68. The first-order valence-electron chi connectivity index (χ1n) is 6.70. The minimum absolute atomic E-state index is 0.160. The van der Waals surface area contributed by atoms with Crippen LogP contribution in [0.15, 0.2) is 47.4 Å². The van der Waals surface area contributed by atoms with Crippen LogP contribution in [0.4, 0.5) is 5.69 Å². The van der Waals surface area contributed by atoms with E-state index in [4.69, 9.17) is 10.00 Å². The lowest BCUT2D eigenvalue weighted by Gasteiger charge is -2.11. The lowest BCUT2D eigenvalue weighted by Crippen LogP contribution is -2.13. The highest BCUT2D eigenvalue weighted by Crippen LogP contribution is 2.24. The molecule has 0 aromatic heterocycles. The summed E-state index contributed by atoms with van der Waals surface area (Å²) in [5.41, 5.74) is 1.56. The zero-order valence-electron chi connectivity index (χ0n) is 12.3. The van der Waals surface area contributed by atoms with Crippen molar-refractivity contribution in [1.82, 2.24) is 0 Å². The Morgan fingerprint density at radius 3 is 2.64 bits per heavy atom. The molecule has 114 valence electrons. The molecule has 2 rings (SSSR count). The van der Waals surface area contributed by atoms with Gasteiger partial charge in [-0.15, -0.1) is 0 Å². The van der Waals surface area contributed by atoms with Gasteiger partial charge in [0.1, 0.15) is 5.75 Å². The lowest BCUT2D eigenvalue weighted by atomic mass is 10.1. The standard InChI is InChI=1S/C16H16N2O3S/c1-3-13-10-15(7-8-16(13)21-2)22(19,20)18-14-6-4-5-12(9-14)11-17/h4-10,18H,3H2,1-2H3. The molecule has 0 heterocycles. The van der Waals surface area contributed by atoms with Crippen LogP contribution in [0.5, 0.6) is 5.75 Å². The molecule has 0 saturated carbocycles. The van der Waals surface area contributed by atoms with Crippen LogP contribution >= 0.6 is 0 Å². The van der Waals surface area contributed by atoms with E-state index in [1.165, 1.54) is 12.1 Å². The van der Waals surface area contributed by atoms with Crippen molar-refractivity contribution < 1.29 is 13.2 Å². The number of nitrogens with zero attached hydrogens (tertiary/aromatic N) is 1. The van der Waals surface area contributed by atoms with Crippen LogP contribution in [0.1, 0.15) is 18.1 Å². The number of aryl methyl sites for hydroxylation is 1. The van der Waals surface area contributed by atoms with E-state index < -0.39 is 10.0 Å². The number of nitrogens with one attached hydrogen (secondary N) is 1. The first kappa shape index (κ1) is 15.9. The van der Waals surface area contributed by atoms with Gasteiger partial charge in [0.15, 0.2) is 0 Å². The number of sulfonamides is 1. The second-order valence-electron chi connectivity index (χ2n) is 4.63. The molecule has 0 saturated heterocycles. The van der Waals surface area contributed by atoms with Crippen molar-refractivity contribution in [2.75, 3.05) is 11.8 Å². The average Bonchev–Trinajstić information content (AvgIpc) is 2.53. The molecular formula is C16H16N2O3S. The van der Waals surface area contributed by atoms with Crippen molar-refractivity contribution in [2.45, 2.75) is 18.2 Å². The van der Waals surface area contributed by atoms with Crippen LogP contribution in [-0.4, -0.2) is 15.5 Å². The highest BCUT2D eigenvalue weighted by atomic mass is 32.2. The van der Waals surface area contributed by atoms with Crippen molar-refractivity contribution in [3.63, 3.8) is 0 Å². The van der Waals surface area contributed by atoms with Crippen molar-refractivity contribution >= 4 is 15.7 Å². The lowest BCUT2D eigenvalue weighted by molar-refractivity contribution is 0.409. The minimum atomic E-state index is -3.71. The van der Waals surface area contributed by atoms with E-state index in [1.54, 1.807) is 37.4 Å². The maximum absolute atomic E-state index is 12.4. The molecule has 0 aliphatic carbocycles. The summed E-state index contributed by atoms with van der Waals surface area (Å²) < 4.78 is 32.5. The number of ether oxygens (including phenoxy) is 1. The highest BCUT2D eigenvalue weighted by molar-refractivity contribution is 7.92. The Balaban J connectivity index is 2.36. The first-order chi connectivity index (χ1) is 10.5. The molecule has 5 nitrogen and oxygen atoms in total. The fraction of sp³-hybridized carbons (Fsp3) is 0.188. The predicted molar refractivity (Wildman–Crippen MR) is 84.3 cm³/mol. The van der Waals surface area contributed by atoms with Crippen molar-refractivity contribution in [3.05, 3.63) is 53.6 Å². The van der Waals surface area contributed by atoms with Crippen LogP contribution in [0, 0.1) is 11.3 Å². The number of nitriles is 1. The van der Waals surface area contributed by atoms with Gasteiger partial charge >= 0.3 is 0 Å². The maximum atomic E-state index is 12.4. The van der Waals surface area contributed by atoms with Crippen LogP contribution in [-0.2, 0) is 16.4 Å². The number of methoxy groups -OCH3 is 1. The molecule has 2 aromatic rings. The summed E-state index contributed by atoms with van der Waals surface area (Å²) in [5.74, 6) is 0.660. The van der Waals surface area contributed by atoms with Crippen LogP contribution in [0.3, 0.4) is 0 Å². The minimum Gasteiger partial charge on any atom is -0.496 e. The largest absolute Gasteiger partial charge is 0.496 e. The van der Waals surface area contributed by atoms with Gasteiger partial charge in [-0.3, -0.25) is 4.72 Å². The van der Waals surface area contributed by atoms with Crippen LogP contribution in [0.25, 0.3) is 0 Å². The number of anilines is 1. The summed E-state index contributed by atoms with van der Waals surface area (Å²) in [6.07, 6.45) is 0.663. The molecule has 6 heteroatoms. The average molecular weight is 316 g/mol. The van der Waals surface area contributed by atoms with E-state index in [0.717, 1.165) is 5.56 Å². The zero-order valence-corrected chi connectivity index (χ0v) is 13.1. The van der Waals surface area contributed by atoms with Gasteiger partial charge < -0.3 is 4.74 Å². The van der Waals surface area contributed by atoms with Gasteiger partial charge in [0.2, 0.25) is 0 Å². The summed E-state index contributed by atoms with van der Waals surface area (Å²) in [6, 6.07) is 13.0. The number of hydrogen-bond donors (Lipinski definition) is 1. The fourth-order valence-electron chi connectivity index (χ4n) is 2.06. The third-order valence-corrected chi connectivity index (χ3v) is 4.57. The Labute approximate surface area is 130 Å². The topological polar surface area (TPSA) is 79.2 Å². The Hall–Kier alpha value is -2.52. The van der Waals surface area contributed by atoms with Gasteiger partial charge in [0.05, 0.1) is 29.3 Å². The predicted octanol–water partition coefficient (Wildman–Crippen LogP) is 2.93. The molecule has 0 atom stereocenters. The van der Waals surface area contributed by atoms with E-state index in [-0.39, 0.29) is 4.90 Å². The third kappa shape index (κ3) is 3.38. The summed E-state index contributed by atoms with van der Waals surface area (Å²) >= 11 is 0. The SMILES string of the molecule is CCc1cc(S(=O)(=O)Nc2cccc(C#N)c2)ccc1OC. The molecule has 0 aliphatic heterocycles. The molecule has 0 unspecified atom stereocenters. The summed E-state index contributed by atoms with van der Waals surface area (Å²) in [6.45, 7) is 1.93. The van der Waals surface area contributed by atoms with Crippen LogP contribution < -0.4 is 9.46 Å². The van der Waals surface area contributed by atoms with Gasteiger partial charge in [-0.05, 0) is 48.4 Å². The second kappa shape index (κ2) is 6.50. The maximum Gasteiger partial charge on any atom is 0.261 e. The normalized spacial score (nSPS) is 10.8. The van der Waals surface area contributed by atoms with Gasteiger partial charge in [0, 0.05) is 0 Å². The van der Waals surface area contributed by atoms with Crippen molar-refractivity contribution in [2.24, 2.45) is 0 Å². The van der Waals surface area contributed by atoms with E-state index in [1.807, 2.05) is 13.0 Å². The van der Waals surface area contributed by atoms with E-state index in [2.05, 4.69) is 4.72 Å². The van der Waals surface area contributed by atoms with Gasteiger partial charge in [-0.1, -0.05) is 13.0 Å². The molecule has 22 heavy (non-hydrogen) atoms. The Morgan fingerprint density at radius 1 is 1.23 bits per heavy atom. The first-order valence-corrected chi connectivity index (χ1v) is 8.18. The molecule has 2 aromatic carbocycles. The molecule has 0 fully saturated rings. The molecule has 0 aliphatic rings. The van der Waals surface area contributed by atoms with Gasteiger partial charge in [0.25, 0.3) is 10.0 Å². The van der Waals surface area contributed by atoms with Gasteiger partial charge in [-0.25, -0.2) is 8.42 Å². The smallest absolute Gasteiger partial charge is 0.261 e. The quantitative estimate of drug-likeness (QED) is 0.920. The van der Waals surface area contributed by atoms with Crippen LogP contribution in [0.2, 0.25) is 0 Å². The molecule has 0 bridgehead atoms. The number of rotatable bonds is 5. The zero-order chi connectivity index (χ0) is 16.2. The van der Waals surface area contributed by atoms with E-state index in [0.29, 0.717) is 23.4 Å². The molecule has 0 spiro atoms. The summed E-state index contributed by atoms with van der Waals surface area (Å²) in [4.78, 5) is 0.160.